The van der Waals surface area contributed by atoms with E-state index in [1.165, 1.54) is 7.05 Å². The molecule has 0 spiro atoms. The lowest BCUT2D eigenvalue weighted by Crippen LogP contribution is -2.24. The van der Waals surface area contributed by atoms with Gasteiger partial charge in [0.05, 0.1) is 16.1 Å². The summed E-state index contributed by atoms with van der Waals surface area (Å²) in [5.41, 5.74) is 0.126. The molecule has 6 heteroatoms. The predicted molar refractivity (Wildman–Crippen MR) is 54.6 cm³/mol. The molecule has 0 radical (unpaired) electrons. The first kappa shape index (κ1) is 10.3. The van der Waals surface area contributed by atoms with E-state index in [1.807, 2.05) is 0 Å². The smallest absolute Gasteiger partial charge is 0.262 e. The molecule has 0 saturated heterocycles. The minimum atomic E-state index is -0.512. The van der Waals surface area contributed by atoms with Crippen LogP contribution < -0.4 is 0 Å². The minimum absolute atomic E-state index is 0.0481. The first-order chi connectivity index (χ1) is 6.95. The number of benzene rings is 1. The highest BCUT2D eigenvalue weighted by molar-refractivity contribution is 6.46. The van der Waals surface area contributed by atoms with Gasteiger partial charge in [-0.05, 0) is 6.07 Å². The van der Waals surface area contributed by atoms with Crippen molar-refractivity contribution in [2.24, 2.45) is 0 Å². The second-order valence-electron chi connectivity index (χ2n) is 3.12. The van der Waals surface area contributed by atoms with E-state index >= 15 is 0 Å². The molecule has 1 aliphatic heterocycles. The second kappa shape index (κ2) is 3.12. The molecule has 2 amide bonds. The standard InChI is InChI=1S/C9H5Cl2NO3/c1-12-8(14)3-2-4(13)6(10)7(11)5(3)9(12)15/h2,13H,1H3. The van der Waals surface area contributed by atoms with Gasteiger partial charge in [0.1, 0.15) is 10.8 Å². The fourth-order valence-corrected chi connectivity index (χ4v) is 1.86. The summed E-state index contributed by atoms with van der Waals surface area (Å²) < 4.78 is 0. The molecule has 1 aromatic carbocycles. The molecular weight excluding hydrogens is 241 g/mol. The van der Waals surface area contributed by atoms with Gasteiger partial charge in [0.2, 0.25) is 0 Å². The van der Waals surface area contributed by atoms with Crippen molar-refractivity contribution in [3.63, 3.8) is 0 Å². The number of phenols is 1. The summed E-state index contributed by atoms with van der Waals surface area (Å²) in [5, 5.41) is 9.15. The summed E-state index contributed by atoms with van der Waals surface area (Å²) in [6.07, 6.45) is 0. The van der Waals surface area contributed by atoms with E-state index < -0.39 is 11.8 Å². The van der Waals surface area contributed by atoms with Crippen LogP contribution in [0.5, 0.6) is 5.75 Å². The van der Waals surface area contributed by atoms with Gasteiger partial charge >= 0.3 is 0 Å². The van der Waals surface area contributed by atoms with Crippen molar-refractivity contribution in [1.29, 1.82) is 0 Å². The van der Waals surface area contributed by atoms with Crippen LogP contribution in [-0.2, 0) is 0 Å². The van der Waals surface area contributed by atoms with E-state index in [9.17, 15) is 14.7 Å². The van der Waals surface area contributed by atoms with Gasteiger partial charge in [-0.25, -0.2) is 0 Å². The molecular formula is C9H5Cl2NO3. The van der Waals surface area contributed by atoms with Gasteiger partial charge in [0.25, 0.3) is 11.8 Å². The van der Waals surface area contributed by atoms with E-state index in [0.717, 1.165) is 11.0 Å². The number of phenolic OH excluding ortho intramolecular Hbond substituents is 1. The Kier molecular flexibility index (Phi) is 2.13. The zero-order valence-corrected chi connectivity index (χ0v) is 9.06. The topological polar surface area (TPSA) is 57.6 Å². The summed E-state index contributed by atoms with van der Waals surface area (Å²) in [4.78, 5) is 24.0. The summed E-state index contributed by atoms with van der Waals surface area (Å²) in [6.45, 7) is 0. The molecule has 1 aliphatic rings. The first-order valence-corrected chi connectivity index (χ1v) is 4.74. The molecule has 0 fully saturated rings. The van der Waals surface area contributed by atoms with Crippen molar-refractivity contribution in [2.75, 3.05) is 7.05 Å². The van der Waals surface area contributed by atoms with E-state index in [4.69, 9.17) is 23.2 Å². The predicted octanol–water partition coefficient (Wildman–Crippen LogP) is 1.92. The van der Waals surface area contributed by atoms with Gasteiger partial charge in [0, 0.05) is 7.05 Å². The van der Waals surface area contributed by atoms with Crippen LogP contribution in [0.2, 0.25) is 10.0 Å². The van der Waals surface area contributed by atoms with Crippen LogP contribution in [0.4, 0.5) is 0 Å². The molecule has 78 valence electrons. The fraction of sp³-hybridized carbons (Fsp3) is 0.111. The second-order valence-corrected chi connectivity index (χ2v) is 3.87. The Labute approximate surface area is 95.0 Å². The van der Waals surface area contributed by atoms with Gasteiger partial charge in [0.15, 0.2) is 0 Å². The molecule has 15 heavy (non-hydrogen) atoms. The third-order valence-corrected chi connectivity index (χ3v) is 3.10. The molecule has 4 nitrogen and oxygen atoms in total. The minimum Gasteiger partial charge on any atom is -0.506 e. The van der Waals surface area contributed by atoms with Crippen LogP contribution in [0, 0.1) is 0 Å². The number of hydrogen-bond donors (Lipinski definition) is 1. The normalized spacial score (nSPS) is 14.7. The van der Waals surface area contributed by atoms with Crippen molar-refractivity contribution in [2.45, 2.75) is 0 Å². The third-order valence-electron chi connectivity index (χ3n) is 2.24. The zero-order valence-electron chi connectivity index (χ0n) is 7.54. The maximum Gasteiger partial charge on any atom is 0.262 e. The van der Waals surface area contributed by atoms with E-state index in [0.29, 0.717) is 0 Å². The number of hydrogen-bond acceptors (Lipinski definition) is 3. The van der Waals surface area contributed by atoms with Gasteiger partial charge in [-0.2, -0.15) is 0 Å². The highest BCUT2D eigenvalue weighted by atomic mass is 35.5. The lowest BCUT2D eigenvalue weighted by Gasteiger charge is -2.03. The lowest BCUT2D eigenvalue weighted by atomic mass is 10.1. The van der Waals surface area contributed by atoms with E-state index in [1.54, 1.807) is 0 Å². The largest absolute Gasteiger partial charge is 0.506 e. The maximum atomic E-state index is 11.6. The molecule has 0 atom stereocenters. The first-order valence-electron chi connectivity index (χ1n) is 3.98. The van der Waals surface area contributed by atoms with Crippen LogP contribution in [-0.4, -0.2) is 28.9 Å². The quantitative estimate of drug-likeness (QED) is 0.711. The SMILES string of the molecule is CN1C(=O)c2cc(O)c(Cl)c(Cl)c2C1=O. The van der Waals surface area contributed by atoms with Crippen molar-refractivity contribution in [1.82, 2.24) is 4.90 Å². The molecule has 0 bridgehead atoms. The number of carbonyl (C=O) groups excluding carboxylic acids is 2. The van der Waals surface area contributed by atoms with Gasteiger partial charge in [-0.15, -0.1) is 0 Å². The Morgan fingerprint density at radius 1 is 1.20 bits per heavy atom. The molecule has 2 rings (SSSR count). The molecule has 0 aliphatic carbocycles. The zero-order chi connectivity index (χ0) is 11.3. The monoisotopic (exact) mass is 245 g/mol. The lowest BCUT2D eigenvalue weighted by molar-refractivity contribution is 0.0693. The highest BCUT2D eigenvalue weighted by Crippen LogP contribution is 2.39. The van der Waals surface area contributed by atoms with Gasteiger partial charge < -0.3 is 5.11 Å². The molecule has 0 saturated carbocycles. The molecule has 1 N–H and O–H groups in total. The Balaban J connectivity index is 2.81. The van der Waals surface area contributed by atoms with E-state index in [-0.39, 0.29) is 26.9 Å². The molecule has 1 heterocycles. The molecule has 0 aromatic heterocycles. The number of rotatable bonds is 0. The maximum absolute atomic E-state index is 11.6. The Morgan fingerprint density at radius 3 is 2.40 bits per heavy atom. The van der Waals surface area contributed by atoms with Crippen LogP contribution >= 0.6 is 23.2 Å². The van der Waals surface area contributed by atoms with Crippen LogP contribution in [0.25, 0.3) is 0 Å². The van der Waals surface area contributed by atoms with Crippen molar-refractivity contribution >= 4 is 35.0 Å². The number of carbonyl (C=O) groups is 2. The Hall–Kier alpha value is -1.26. The van der Waals surface area contributed by atoms with E-state index in [2.05, 4.69) is 0 Å². The summed E-state index contributed by atoms with van der Waals surface area (Å²) in [5.74, 6) is -1.32. The highest BCUT2D eigenvalue weighted by Gasteiger charge is 2.36. The van der Waals surface area contributed by atoms with Crippen LogP contribution in [0.1, 0.15) is 20.7 Å². The Morgan fingerprint density at radius 2 is 1.80 bits per heavy atom. The summed E-state index contributed by atoms with van der Waals surface area (Å²) in [6, 6.07) is 1.15. The average molecular weight is 246 g/mol. The molecule has 1 aromatic rings. The molecule has 0 unspecified atom stereocenters. The number of fused-ring (bicyclic) bond motifs is 1. The van der Waals surface area contributed by atoms with Crippen molar-refractivity contribution in [3.05, 3.63) is 27.2 Å². The Bertz CT molecular complexity index is 499. The number of amides is 2. The number of imide groups is 1. The van der Waals surface area contributed by atoms with Crippen molar-refractivity contribution in [3.8, 4) is 5.75 Å². The average Bonchev–Trinajstić information content (AvgIpc) is 2.40. The summed E-state index contributed by atoms with van der Waals surface area (Å²) >= 11 is 11.4. The third kappa shape index (κ3) is 1.22. The van der Waals surface area contributed by atoms with Crippen LogP contribution in [0.15, 0.2) is 6.07 Å². The fourth-order valence-electron chi connectivity index (χ4n) is 1.43. The summed E-state index contributed by atoms with van der Waals surface area (Å²) in [7, 11) is 1.34. The number of halogens is 2. The number of aromatic hydroxyl groups is 1. The van der Waals surface area contributed by atoms with Gasteiger partial charge in [-0.1, -0.05) is 23.2 Å². The number of nitrogens with zero attached hydrogens (tertiary/aromatic N) is 1. The van der Waals surface area contributed by atoms with Gasteiger partial charge in [-0.3, -0.25) is 14.5 Å². The van der Waals surface area contributed by atoms with Crippen LogP contribution in [0.3, 0.4) is 0 Å². The van der Waals surface area contributed by atoms with Crippen molar-refractivity contribution < 1.29 is 14.7 Å².